The molecule has 1 saturated heterocycles. The molecule has 0 atom stereocenters. The summed E-state index contributed by atoms with van der Waals surface area (Å²) in [5, 5.41) is 10.6. The molecule has 1 aliphatic rings. The zero-order chi connectivity index (χ0) is 21.3. The number of benzene rings is 1. The van der Waals surface area contributed by atoms with Crippen LogP contribution in [0.4, 0.5) is 4.79 Å². The number of rotatable bonds is 5. The molecule has 0 saturated carbocycles. The van der Waals surface area contributed by atoms with Crippen molar-refractivity contribution < 1.29 is 19.4 Å². The minimum absolute atomic E-state index is 0.0467. The summed E-state index contributed by atoms with van der Waals surface area (Å²) in [5.74, 6) is -0.155. The maximum absolute atomic E-state index is 12.1. The molecule has 3 rings (SSSR count). The van der Waals surface area contributed by atoms with Crippen LogP contribution in [-0.2, 0) is 11.4 Å². The van der Waals surface area contributed by atoms with Gasteiger partial charge in [-0.3, -0.25) is 14.5 Å². The molecule has 0 unspecified atom stereocenters. The maximum Gasteiger partial charge on any atom is 0.293 e. The van der Waals surface area contributed by atoms with Crippen molar-refractivity contribution in [3.63, 3.8) is 0 Å². The highest BCUT2D eigenvalue weighted by atomic mass is 79.9. The molecule has 1 aromatic heterocycles. The molecule has 10 heteroatoms. The quantitative estimate of drug-likeness (QED) is 0.367. The predicted octanol–water partition coefficient (Wildman–Crippen LogP) is 4.53. The van der Waals surface area contributed by atoms with E-state index in [1.54, 1.807) is 12.1 Å². The van der Waals surface area contributed by atoms with Gasteiger partial charge in [0, 0.05) is 28.5 Å². The molecule has 2 aromatic rings. The van der Waals surface area contributed by atoms with Crippen molar-refractivity contribution in [2.24, 2.45) is 0 Å². The lowest BCUT2D eigenvalue weighted by Gasteiger charge is -2.13. The van der Waals surface area contributed by atoms with Gasteiger partial charge in [0.25, 0.3) is 11.1 Å². The molecule has 0 spiro atoms. The molecule has 1 aromatic carbocycles. The van der Waals surface area contributed by atoms with Gasteiger partial charge in [0.1, 0.15) is 6.61 Å². The zero-order valence-electron chi connectivity index (χ0n) is 16.1. The minimum atomic E-state index is -0.361. The third-order valence-corrected chi connectivity index (χ3v) is 6.50. The number of nitrogens with zero attached hydrogens (tertiary/aromatic N) is 3. The van der Waals surface area contributed by atoms with Crippen molar-refractivity contribution in [1.29, 1.82) is 0 Å². The number of ether oxygens (including phenoxy) is 1. The molecule has 1 fully saturated rings. The van der Waals surface area contributed by atoms with E-state index in [4.69, 9.17) is 4.74 Å². The van der Waals surface area contributed by atoms with Crippen LogP contribution in [-0.4, -0.2) is 44.4 Å². The summed E-state index contributed by atoms with van der Waals surface area (Å²) in [6, 6.07) is 3.11. The highest BCUT2D eigenvalue weighted by Gasteiger charge is 2.32. The van der Waals surface area contributed by atoms with Crippen molar-refractivity contribution >= 4 is 56.7 Å². The second-order valence-electron chi connectivity index (χ2n) is 6.23. The van der Waals surface area contributed by atoms with E-state index in [0.29, 0.717) is 20.1 Å². The zero-order valence-corrected chi connectivity index (χ0v) is 19.4. The number of aromatic hydroxyl groups is 1. The number of likely N-dealkylation sites (N-methyl/N-ethyl adjacent to an activating group) is 1. The number of imide groups is 1. The van der Waals surface area contributed by atoms with E-state index < -0.39 is 0 Å². The Morgan fingerprint density at radius 3 is 2.48 bits per heavy atom. The topological polar surface area (TPSA) is 92.6 Å². The van der Waals surface area contributed by atoms with E-state index in [-0.39, 0.29) is 29.3 Å². The molecule has 0 bridgehead atoms. The Bertz CT molecular complexity index is 1020. The minimum Gasteiger partial charge on any atom is -0.504 e. The van der Waals surface area contributed by atoms with Gasteiger partial charge in [-0.05, 0) is 55.6 Å². The van der Waals surface area contributed by atoms with Crippen LogP contribution in [0.15, 0.2) is 26.7 Å². The summed E-state index contributed by atoms with van der Waals surface area (Å²) in [4.78, 5) is 34.0. The van der Waals surface area contributed by atoms with E-state index in [1.807, 2.05) is 20.1 Å². The SMILES string of the molecule is CSc1nc(C)c(COc2cc(/C=C3\SC(=O)N(C)C3=O)c(Br)cc2O)c(C)n1. The average molecular weight is 496 g/mol. The van der Waals surface area contributed by atoms with Gasteiger partial charge in [-0.2, -0.15) is 0 Å². The Labute approximate surface area is 185 Å². The monoisotopic (exact) mass is 495 g/mol. The normalized spacial score (nSPS) is 15.5. The summed E-state index contributed by atoms with van der Waals surface area (Å²) in [7, 11) is 1.44. The summed E-state index contributed by atoms with van der Waals surface area (Å²) >= 11 is 5.71. The highest BCUT2D eigenvalue weighted by Crippen LogP contribution is 2.37. The van der Waals surface area contributed by atoms with Crippen LogP contribution in [0.2, 0.25) is 0 Å². The Hall–Kier alpha value is -2.04. The first kappa shape index (κ1) is 21.7. The summed E-state index contributed by atoms with van der Waals surface area (Å²) in [6.07, 6.45) is 3.51. The van der Waals surface area contributed by atoms with Crippen LogP contribution in [0.3, 0.4) is 0 Å². The van der Waals surface area contributed by atoms with Gasteiger partial charge in [-0.1, -0.05) is 27.7 Å². The van der Waals surface area contributed by atoms with Crippen molar-refractivity contribution in [3.8, 4) is 11.5 Å². The Morgan fingerprint density at radius 1 is 1.28 bits per heavy atom. The van der Waals surface area contributed by atoms with Gasteiger partial charge in [-0.15, -0.1) is 0 Å². The second-order valence-corrected chi connectivity index (χ2v) is 8.85. The van der Waals surface area contributed by atoms with Crippen LogP contribution >= 0.6 is 39.5 Å². The fourth-order valence-electron chi connectivity index (χ4n) is 2.63. The Morgan fingerprint density at radius 2 is 1.93 bits per heavy atom. The number of carbonyl (C=O) groups is 2. The van der Waals surface area contributed by atoms with Crippen LogP contribution in [0.25, 0.3) is 6.08 Å². The van der Waals surface area contributed by atoms with Crippen molar-refractivity contribution in [1.82, 2.24) is 14.9 Å². The van der Waals surface area contributed by atoms with E-state index >= 15 is 0 Å². The van der Waals surface area contributed by atoms with Gasteiger partial charge in [-0.25, -0.2) is 9.97 Å². The molecule has 0 aliphatic carbocycles. The molecule has 1 N–H and O–H groups in total. The third-order valence-electron chi connectivity index (χ3n) is 4.31. The van der Waals surface area contributed by atoms with Gasteiger partial charge in [0.15, 0.2) is 16.7 Å². The lowest BCUT2D eigenvalue weighted by Crippen LogP contribution is -2.22. The van der Waals surface area contributed by atoms with E-state index in [9.17, 15) is 14.7 Å². The maximum atomic E-state index is 12.1. The van der Waals surface area contributed by atoms with Crippen LogP contribution in [0.1, 0.15) is 22.5 Å². The highest BCUT2D eigenvalue weighted by molar-refractivity contribution is 9.10. The largest absolute Gasteiger partial charge is 0.504 e. The number of carbonyl (C=O) groups excluding carboxylic acids is 2. The number of thioether (sulfide) groups is 2. The summed E-state index contributed by atoms with van der Waals surface area (Å²) in [6.45, 7) is 3.97. The predicted molar refractivity (Wildman–Crippen MR) is 117 cm³/mol. The van der Waals surface area contributed by atoms with Gasteiger partial charge >= 0.3 is 0 Å². The smallest absolute Gasteiger partial charge is 0.293 e. The van der Waals surface area contributed by atoms with Crippen molar-refractivity contribution in [2.45, 2.75) is 25.6 Å². The fourth-order valence-corrected chi connectivity index (χ4v) is 4.35. The summed E-state index contributed by atoms with van der Waals surface area (Å²) in [5.41, 5.74) is 3.09. The van der Waals surface area contributed by atoms with Gasteiger partial charge in [0.2, 0.25) is 0 Å². The van der Waals surface area contributed by atoms with Crippen LogP contribution in [0.5, 0.6) is 11.5 Å². The number of phenolic OH excluding ortho intramolecular Hbond substituents is 1. The second kappa shape index (κ2) is 8.76. The van der Waals surface area contributed by atoms with Crippen molar-refractivity contribution in [2.75, 3.05) is 13.3 Å². The molecule has 152 valence electrons. The van der Waals surface area contributed by atoms with Gasteiger partial charge in [0.05, 0.1) is 4.91 Å². The standard InChI is InChI=1S/C19H18BrN3O4S2/c1-9-12(10(2)22-18(21-9)28-4)8-27-15-5-11(13(20)7-14(15)24)6-16-17(25)23(3)19(26)29-16/h5-7,24H,8H2,1-4H3/b16-6-. The van der Waals surface area contributed by atoms with Crippen molar-refractivity contribution in [3.05, 3.63) is 44.0 Å². The molecule has 2 amide bonds. The third kappa shape index (κ3) is 4.59. The average Bonchev–Trinajstić information content (AvgIpc) is 2.90. The molecule has 7 nitrogen and oxygen atoms in total. The first-order chi connectivity index (χ1) is 13.7. The molecular weight excluding hydrogens is 478 g/mol. The molecule has 29 heavy (non-hydrogen) atoms. The summed E-state index contributed by atoms with van der Waals surface area (Å²) < 4.78 is 6.41. The number of aryl methyl sites for hydroxylation is 2. The van der Waals surface area contributed by atoms with Gasteiger partial charge < -0.3 is 9.84 Å². The lowest BCUT2D eigenvalue weighted by molar-refractivity contribution is -0.121. The number of aromatic nitrogens is 2. The van der Waals surface area contributed by atoms with Crippen LogP contribution in [0, 0.1) is 13.8 Å². The molecular formula is C19H18BrN3O4S2. The Kier molecular flexibility index (Phi) is 6.55. The van der Waals surface area contributed by atoms with Crippen LogP contribution < -0.4 is 4.74 Å². The first-order valence-corrected chi connectivity index (χ1v) is 11.3. The first-order valence-electron chi connectivity index (χ1n) is 8.46. The number of amides is 2. The number of phenols is 1. The number of halogens is 1. The molecule has 2 heterocycles. The molecule has 0 radical (unpaired) electrons. The number of hydrogen-bond donors (Lipinski definition) is 1. The fraction of sp³-hybridized carbons (Fsp3) is 0.263. The Balaban J connectivity index is 1.87. The number of hydrogen-bond acceptors (Lipinski definition) is 8. The van der Waals surface area contributed by atoms with E-state index in [2.05, 4.69) is 25.9 Å². The molecule has 1 aliphatic heterocycles. The van der Waals surface area contributed by atoms with E-state index in [1.165, 1.54) is 24.9 Å². The lowest BCUT2D eigenvalue weighted by atomic mass is 10.1. The van der Waals surface area contributed by atoms with E-state index in [0.717, 1.165) is 33.6 Å².